The third-order valence-electron chi connectivity index (χ3n) is 4.45. The first-order valence-electron chi connectivity index (χ1n) is 7.74. The van der Waals surface area contributed by atoms with E-state index in [-0.39, 0.29) is 0 Å². The van der Waals surface area contributed by atoms with Gasteiger partial charge in [-0.15, -0.1) is 0 Å². The van der Waals surface area contributed by atoms with Crippen LogP contribution in [0.3, 0.4) is 0 Å². The Hall–Kier alpha value is -0.830. The Labute approximate surface area is 117 Å². The van der Waals surface area contributed by atoms with Gasteiger partial charge in [0.15, 0.2) is 0 Å². The lowest BCUT2D eigenvalue weighted by atomic mass is 9.71. The molecular formula is C16H29N3. The molecule has 2 rings (SSSR count). The number of aromatic nitrogens is 2. The number of hydrogen-bond donors (Lipinski definition) is 1. The molecule has 1 fully saturated rings. The third-order valence-corrected chi connectivity index (χ3v) is 4.45. The van der Waals surface area contributed by atoms with Gasteiger partial charge in [-0.1, -0.05) is 33.1 Å². The van der Waals surface area contributed by atoms with Crippen LogP contribution in [0.5, 0.6) is 0 Å². The van der Waals surface area contributed by atoms with E-state index in [1.807, 2.05) is 0 Å². The molecule has 0 atom stereocenters. The Morgan fingerprint density at radius 2 is 2.00 bits per heavy atom. The highest BCUT2D eigenvalue weighted by Crippen LogP contribution is 2.38. The smallest absolute Gasteiger partial charge is 0.0596 e. The molecule has 0 radical (unpaired) electrons. The molecule has 1 saturated carbocycles. The molecule has 0 saturated heterocycles. The zero-order valence-corrected chi connectivity index (χ0v) is 13.0. The van der Waals surface area contributed by atoms with E-state index >= 15 is 0 Å². The lowest BCUT2D eigenvalue weighted by Crippen LogP contribution is -2.40. The van der Waals surface area contributed by atoms with Gasteiger partial charge in [-0.05, 0) is 37.7 Å². The molecule has 1 aromatic heterocycles. The molecule has 1 N–H and O–H groups in total. The van der Waals surface area contributed by atoms with Gasteiger partial charge >= 0.3 is 0 Å². The van der Waals surface area contributed by atoms with E-state index in [4.69, 9.17) is 0 Å². The molecule has 1 aliphatic rings. The van der Waals surface area contributed by atoms with Crippen molar-refractivity contribution in [3.05, 3.63) is 17.5 Å². The minimum absolute atomic E-state index is 0.447. The summed E-state index contributed by atoms with van der Waals surface area (Å²) in [5.74, 6) is 0. The van der Waals surface area contributed by atoms with Crippen LogP contribution in [0.25, 0.3) is 0 Å². The summed E-state index contributed by atoms with van der Waals surface area (Å²) in [6.07, 6.45) is 8.07. The van der Waals surface area contributed by atoms with E-state index in [1.165, 1.54) is 44.2 Å². The summed E-state index contributed by atoms with van der Waals surface area (Å²) in [5, 5.41) is 8.17. The minimum atomic E-state index is 0.447. The Morgan fingerprint density at radius 1 is 1.32 bits per heavy atom. The van der Waals surface area contributed by atoms with Crippen LogP contribution in [0.4, 0.5) is 0 Å². The summed E-state index contributed by atoms with van der Waals surface area (Å²) in [6.45, 7) is 7.72. The average Bonchev–Trinajstić information content (AvgIpc) is 2.66. The van der Waals surface area contributed by atoms with Crippen LogP contribution in [0.2, 0.25) is 0 Å². The summed E-state index contributed by atoms with van der Waals surface area (Å²) in [6, 6.07) is 2.83. The molecule has 0 bridgehead atoms. The van der Waals surface area contributed by atoms with Crippen LogP contribution in [0, 0.1) is 12.3 Å². The number of nitrogens with zero attached hydrogens (tertiary/aromatic N) is 2. The van der Waals surface area contributed by atoms with Crippen molar-refractivity contribution in [2.45, 2.75) is 65.3 Å². The fourth-order valence-electron chi connectivity index (χ4n) is 3.35. The first-order chi connectivity index (χ1) is 9.01. The SMILES string of the molecule is Cc1cc(CC2(CNC(C)C)CCCCC2)n(C)n1. The Morgan fingerprint density at radius 3 is 2.53 bits per heavy atom. The van der Waals surface area contributed by atoms with E-state index < -0.39 is 0 Å². The molecule has 1 aromatic rings. The first-order valence-corrected chi connectivity index (χ1v) is 7.74. The molecular weight excluding hydrogens is 234 g/mol. The van der Waals surface area contributed by atoms with Crippen molar-refractivity contribution in [1.29, 1.82) is 0 Å². The van der Waals surface area contributed by atoms with E-state index in [2.05, 4.69) is 49.0 Å². The second kappa shape index (κ2) is 6.08. The molecule has 0 unspecified atom stereocenters. The van der Waals surface area contributed by atoms with Gasteiger partial charge in [-0.3, -0.25) is 4.68 Å². The largest absolute Gasteiger partial charge is 0.314 e. The molecule has 3 nitrogen and oxygen atoms in total. The number of aryl methyl sites for hydroxylation is 2. The molecule has 0 aliphatic heterocycles. The Balaban J connectivity index is 2.10. The van der Waals surface area contributed by atoms with Crippen LogP contribution in [-0.2, 0) is 13.5 Å². The normalized spacial score (nSPS) is 19.0. The van der Waals surface area contributed by atoms with Gasteiger partial charge in [-0.25, -0.2) is 0 Å². The lowest BCUT2D eigenvalue weighted by molar-refractivity contribution is 0.173. The van der Waals surface area contributed by atoms with Crippen molar-refractivity contribution in [2.24, 2.45) is 12.5 Å². The van der Waals surface area contributed by atoms with Gasteiger partial charge in [-0.2, -0.15) is 5.10 Å². The number of rotatable bonds is 5. The van der Waals surface area contributed by atoms with E-state index in [0.29, 0.717) is 11.5 Å². The second-order valence-electron chi connectivity index (χ2n) is 6.67. The molecule has 19 heavy (non-hydrogen) atoms. The summed E-state index contributed by atoms with van der Waals surface area (Å²) in [4.78, 5) is 0. The molecule has 0 spiro atoms. The van der Waals surface area contributed by atoms with Crippen molar-refractivity contribution in [3.63, 3.8) is 0 Å². The zero-order chi connectivity index (χ0) is 13.9. The van der Waals surface area contributed by atoms with Gasteiger partial charge in [0.2, 0.25) is 0 Å². The molecule has 3 heteroatoms. The molecule has 0 amide bonds. The standard InChI is InChI=1S/C16H29N3/c1-13(2)17-12-16(8-6-5-7-9-16)11-15-10-14(3)18-19(15)4/h10,13,17H,5-9,11-12H2,1-4H3. The maximum Gasteiger partial charge on any atom is 0.0596 e. The highest BCUT2D eigenvalue weighted by molar-refractivity contribution is 5.11. The zero-order valence-electron chi connectivity index (χ0n) is 13.0. The quantitative estimate of drug-likeness (QED) is 0.884. The van der Waals surface area contributed by atoms with E-state index in [1.54, 1.807) is 0 Å². The fraction of sp³-hybridized carbons (Fsp3) is 0.812. The van der Waals surface area contributed by atoms with Crippen LogP contribution < -0.4 is 5.32 Å². The van der Waals surface area contributed by atoms with Crippen LogP contribution in [0.1, 0.15) is 57.3 Å². The van der Waals surface area contributed by atoms with Crippen molar-refractivity contribution < 1.29 is 0 Å². The van der Waals surface area contributed by atoms with Crippen molar-refractivity contribution in [1.82, 2.24) is 15.1 Å². The lowest BCUT2D eigenvalue weighted by Gasteiger charge is -2.38. The summed E-state index contributed by atoms with van der Waals surface area (Å²) in [5.41, 5.74) is 2.98. The predicted molar refractivity (Wildman–Crippen MR) is 80.3 cm³/mol. The second-order valence-corrected chi connectivity index (χ2v) is 6.67. The summed E-state index contributed by atoms with van der Waals surface area (Å²) in [7, 11) is 2.08. The fourth-order valence-corrected chi connectivity index (χ4v) is 3.35. The van der Waals surface area contributed by atoms with Gasteiger partial charge in [0.1, 0.15) is 0 Å². The Kier molecular flexibility index (Phi) is 4.67. The Bertz CT molecular complexity index is 400. The van der Waals surface area contributed by atoms with Gasteiger partial charge in [0, 0.05) is 25.3 Å². The van der Waals surface area contributed by atoms with Crippen molar-refractivity contribution >= 4 is 0 Å². The highest BCUT2D eigenvalue weighted by Gasteiger charge is 2.33. The highest BCUT2D eigenvalue weighted by atomic mass is 15.3. The van der Waals surface area contributed by atoms with E-state index in [0.717, 1.165) is 12.2 Å². The number of hydrogen-bond acceptors (Lipinski definition) is 2. The molecule has 108 valence electrons. The number of nitrogens with one attached hydrogen (secondary N) is 1. The third kappa shape index (κ3) is 3.82. The summed E-state index contributed by atoms with van der Waals surface area (Å²) >= 11 is 0. The van der Waals surface area contributed by atoms with Gasteiger partial charge < -0.3 is 5.32 Å². The molecule has 1 aliphatic carbocycles. The topological polar surface area (TPSA) is 29.9 Å². The minimum Gasteiger partial charge on any atom is -0.314 e. The monoisotopic (exact) mass is 263 g/mol. The van der Waals surface area contributed by atoms with Crippen molar-refractivity contribution in [3.8, 4) is 0 Å². The molecule has 1 heterocycles. The predicted octanol–water partition coefficient (Wildman–Crippen LogP) is 3.22. The van der Waals surface area contributed by atoms with Crippen LogP contribution in [0.15, 0.2) is 6.07 Å². The maximum absolute atomic E-state index is 4.50. The van der Waals surface area contributed by atoms with E-state index in [9.17, 15) is 0 Å². The van der Waals surface area contributed by atoms with Crippen LogP contribution in [-0.4, -0.2) is 22.4 Å². The molecule has 0 aromatic carbocycles. The summed E-state index contributed by atoms with van der Waals surface area (Å²) < 4.78 is 2.07. The average molecular weight is 263 g/mol. The first kappa shape index (κ1) is 14.6. The van der Waals surface area contributed by atoms with Gasteiger partial charge in [0.05, 0.1) is 5.69 Å². The van der Waals surface area contributed by atoms with Gasteiger partial charge in [0.25, 0.3) is 0 Å². The van der Waals surface area contributed by atoms with Crippen molar-refractivity contribution in [2.75, 3.05) is 6.54 Å². The maximum atomic E-state index is 4.50. The van der Waals surface area contributed by atoms with Crippen LogP contribution >= 0.6 is 0 Å².